The third kappa shape index (κ3) is 1.76. The van der Waals surface area contributed by atoms with Gasteiger partial charge in [-0.05, 0) is 40.8 Å². The molecule has 1 heterocycles. The van der Waals surface area contributed by atoms with Crippen molar-refractivity contribution in [3.05, 3.63) is 54.3 Å². The molecule has 0 bridgehead atoms. The van der Waals surface area contributed by atoms with Crippen LogP contribution in [0.1, 0.15) is 12.5 Å². The summed E-state index contributed by atoms with van der Waals surface area (Å²) in [6.45, 7) is 2.16. The third-order valence-electron chi connectivity index (χ3n) is 3.25. The first-order valence-electron chi connectivity index (χ1n) is 6.07. The summed E-state index contributed by atoms with van der Waals surface area (Å²) in [4.78, 5) is 0. The van der Waals surface area contributed by atoms with Gasteiger partial charge in [-0.25, -0.2) is 0 Å². The average molecular weight is 238 g/mol. The van der Waals surface area contributed by atoms with Crippen molar-refractivity contribution < 1.29 is 9.52 Å². The largest absolute Gasteiger partial charge is 0.481 e. The maximum Gasteiger partial charge on any atom is 0.282 e. The maximum absolute atomic E-state index is 9.34. The molecule has 1 aliphatic heterocycles. The number of hydrogen-bond donors (Lipinski definition) is 1. The smallest absolute Gasteiger partial charge is 0.282 e. The molecule has 0 radical (unpaired) electrons. The highest BCUT2D eigenvalue weighted by Gasteiger charge is 2.11. The van der Waals surface area contributed by atoms with Crippen molar-refractivity contribution in [2.45, 2.75) is 13.3 Å². The molecule has 90 valence electrons. The van der Waals surface area contributed by atoms with Crippen LogP contribution < -0.4 is 0 Å². The van der Waals surface area contributed by atoms with Gasteiger partial charge in [0.05, 0.1) is 0 Å². The normalized spacial score (nSPS) is 10.9. The van der Waals surface area contributed by atoms with E-state index in [1.165, 1.54) is 16.7 Å². The van der Waals surface area contributed by atoms with Gasteiger partial charge in [-0.1, -0.05) is 31.2 Å². The van der Waals surface area contributed by atoms with Crippen LogP contribution >= 0.6 is 0 Å². The minimum atomic E-state index is -0.0524. The zero-order valence-corrected chi connectivity index (χ0v) is 10.2. The highest BCUT2D eigenvalue weighted by Crippen LogP contribution is 2.35. The lowest BCUT2D eigenvalue weighted by Gasteiger charge is -2.04. The topological polar surface area (TPSA) is 33.4 Å². The van der Waals surface area contributed by atoms with Crippen molar-refractivity contribution in [3.8, 4) is 28.2 Å². The molecule has 0 amide bonds. The van der Waals surface area contributed by atoms with Crippen molar-refractivity contribution >= 4 is 0 Å². The molecule has 0 unspecified atom stereocenters. The SMILES string of the molecule is CCc1ccccc1-c1cc2coc(O)cc-2c1. The quantitative estimate of drug-likeness (QED) is 0.721. The highest BCUT2D eigenvalue weighted by atomic mass is 16.5. The first kappa shape index (κ1) is 10.9. The number of benzene rings is 1. The van der Waals surface area contributed by atoms with E-state index in [2.05, 4.69) is 37.3 Å². The molecule has 1 aromatic carbocycles. The van der Waals surface area contributed by atoms with Crippen LogP contribution in [0.5, 0.6) is 5.95 Å². The van der Waals surface area contributed by atoms with E-state index in [0.29, 0.717) is 0 Å². The summed E-state index contributed by atoms with van der Waals surface area (Å²) in [6.07, 6.45) is 2.59. The van der Waals surface area contributed by atoms with Crippen LogP contribution in [0, 0.1) is 0 Å². The number of fused-ring (bicyclic) bond motifs is 1. The molecule has 0 spiro atoms. The summed E-state index contributed by atoms with van der Waals surface area (Å²) < 4.78 is 5.00. The highest BCUT2D eigenvalue weighted by molar-refractivity contribution is 5.81. The second-order valence-corrected chi connectivity index (χ2v) is 4.38. The molecule has 18 heavy (non-hydrogen) atoms. The minimum Gasteiger partial charge on any atom is -0.481 e. The summed E-state index contributed by atoms with van der Waals surface area (Å²) in [7, 11) is 0. The van der Waals surface area contributed by atoms with E-state index < -0.39 is 0 Å². The summed E-state index contributed by atoms with van der Waals surface area (Å²) in [5, 5.41) is 9.34. The molecule has 2 aliphatic rings. The number of aromatic hydroxyl groups is 1. The van der Waals surface area contributed by atoms with E-state index in [9.17, 15) is 5.11 Å². The average Bonchev–Trinajstić information content (AvgIpc) is 2.81. The predicted octanol–water partition coefficient (Wildman–Crippen LogP) is 4.32. The van der Waals surface area contributed by atoms with Gasteiger partial charge in [0.2, 0.25) is 0 Å². The van der Waals surface area contributed by atoms with Gasteiger partial charge in [0.25, 0.3) is 5.95 Å². The van der Waals surface area contributed by atoms with Crippen LogP contribution in [-0.2, 0) is 6.42 Å². The molecule has 2 heteroatoms. The standard InChI is InChI=1S/C16H14O2/c1-2-11-5-3-4-6-15(11)13-7-12-9-16(17)18-10-14(12)8-13/h3-10,17H,2H2,1H3. The van der Waals surface area contributed by atoms with Crippen LogP contribution in [0.25, 0.3) is 22.3 Å². The molecule has 0 fully saturated rings. The van der Waals surface area contributed by atoms with E-state index in [4.69, 9.17) is 4.42 Å². The van der Waals surface area contributed by atoms with E-state index in [1.54, 1.807) is 12.3 Å². The fourth-order valence-electron chi connectivity index (χ4n) is 2.33. The lowest BCUT2D eigenvalue weighted by molar-refractivity contribution is 0.323. The second kappa shape index (κ2) is 4.22. The van der Waals surface area contributed by atoms with Crippen molar-refractivity contribution in [1.82, 2.24) is 0 Å². The predicted molar refractivity (Wildman–Crippen MR) is 71.8 cm³/mol. The van der Waals surface area contributed by atoms with Gasteiger partial charge in [0.1, 0.15) is 6.26 Å². The lowest BCUT2D eigenvalue weighted by Crippen LogP contribution is -1.84. The Labute approximate surface area is 106 Å². The fraction of sp³-hybridized carbons (Fsp3) is 0.125. The van der Waals surface area contributed by atoms with Gasteiger partial charge in [0.15, 0.2) is 0 Å². The van der Waals surface area contributed by atoms with Gasteiger partial charge in [0, 0.05) is 11.6 Å². The summed E-state index contributed by atoms with van der Waals surface area (Å²) >= 11 is 0. The molecule has 1 N–H and O–H groups in total. The number of rotatable bonds is 2. The van der Waals surface area contributed by atoms with Crippen LogP contribution in [0.15, 0.2) is 53.1 Å². The fourth-order valence-corrected chi connectivity index (χ4v) is 2.33. The lowest BCUT2D eigenvalue weighted by atomic mass is 10.0. The van der Waals surface area contributed by atoms with Gasteiger partial charge >= 0.3 is 0 Å². The molecule has 1 aromatic rings. The summed E-state index contributed by atoms with van der Waals surface area (Å²) in [6, 6.07) is 14.2. The Balaban J connectivity index is 2.18. The van der Waals surface area contributed by atoms with E-state index in [1.807, 2.05) is 6.07 Å². The molecule has 0 saturated heterocycles. The molecule has 0 saturated carbocycles. The third-order valence-corrected chi connectivity index (χ3v) is 3.25. The zero-order valence-electron chi connectivity index (χ0n) is 10.2. The van der Waals surface area contributed by atoms with E-state index in [-0.39, 0.29) is 5.95 Å². The van der Waals surface area contributed by atoms with Crippen LogP contribution in [0.4, 0.5) is 0 Å². The van der Waals surface area contributed by atoms with E-state index >= 15 is 0 Å². The monoisotopic (exact) mass is 238 g/mol. The van der Waals surface area contributed by atoms with Crippen LogP contribution in [0.2, 0.25) is 0 Å². The summed E-state index contributed by atoms with van der Waals surface area (Å²) in [5.74, 6) is -0.0524. The van der Waals surface area contributed by atoms with Gasteiger partial charge < -0.3 is 9.52 Å². The van der Waals surface area contributed by atoms with Crippen molar-refractivity contribution in [1.29, 1.82) is 0 Å². The molecular weight excluding hydrogens is 224 g/mol. The van der Waals surface area contributed by atoms with E-state index in [0.717, 1.165) is 17.5 Å². The molecule has 2 nitrogen and oxygen atoms in total. The number of aryl methyl sites for hydroxylation is 1. The zero-order chi connectivity index (χ0) is 12.5. The van der Waals surface area contributed by atoms with Crippen molar-refractivity contribution in [2.75, 3.05) is 0 Å². The van der Waals surface area contributed by atoms with Gasteiger partial charge in [-0.3, -0.25) is 0 Å². The van der Waals surface area contributed by atoms with Crippen LogP contribution in [-0.4, -0.2) is 5.11 Å². The molecule has 0 aromatic heterocycles. The Hall–Kier alpha value is -2.22. The second-order valence-electron chi connectivity index (χ2n) is 4.38. The molecule has 0 atom stereocenters. The maximum atomic E-state index is 9.34. The Bertz CT molecular complexity index is 652. The minimum absolute atomic E-state index is 0.0524. The first-order chi connectivity index (χ1) is 8.78. The van der Waals surface area contributed by atoms with Crippen molar-refractivity contribution in [3.63, 3.8) is 0 Å². The Morgan fingerprint density at radius 1 is 1.00 bits per heavy atom. The van der Waals surface area contributed by atoms with Crippen LogP contribution in [0.3, 0.4) is 0 Å². The molecule has 1 aliphatic carbocycles. The van der Waals surface area contributed by atoms with Crippen molar-refractivity contribution in [2.24, 2.45) is 0 Å². The Kier molecular flexibility index (Phi) is 2.56. The van der Waals surface area contributed by atoms with Gasteiger partial charge in [-0.2, -0.15) is 0 Å². The Morgan fingerprint density at radius 2 is 1.78 bits per heavy atom. The molecule has 3 rings (SSSR count). The molecular formula is C16H14O2. The number of hydrogen-bond acceptors (Lipinski definition) is 2. The first-order valence-corrected chi connectivity index (χ1v) is 6.07. The summed E-state index contributed by atoms with van der Waals surface area (Å²) in [5.41, 5.74) is 5.75. The van der Waals surface area contributed by atoms with Gasteiger partial charge in [-0.15, -0.1) is 0 Å². The Morgan fingerprint density at radius 3 is 2.61 bits per heavy atom.